The van der Waals surface area contributed by atoms with Crippen molar-refractivity contribution in [2.24, 2.45) is 0 Å². The molecule has 0 aliphatic carbocycles. The zero-order valence-corrected chi connectivity index (χ0v) is 15.2. The summed E-state index contributed by atoms with van der Waals surface area (Å²) in [7, 11) is 3.12. The summed E-state index contributed by atoms with van der Waals surface area (Å²) in [4.78, 5) is 12.1. The van der Waals surface area contributed by atoms with Crippen LogP contribution in [0.1, 0.15) is 31.7 Å². The molecule has 2 rings (SSSR count). The van der Waals surface area contributed by atoms with Crippen LogP contribution in [-0.2, 0) is 4.79 Å². The van der Waals surface area contributed by atoms with Gasteiger partial charge in [-0.2, -0.15) is 0 Å². The minimum Gasteiger partial charge on any atom is -0.497 e. The minimum atomic E-state index is -0.266. The number of ether oxygens (including phenoxy) is 3. The van der Waals surface area contributed by atoms with Crippen LogP contribution in [0.2, 0.25) is 0 Å². The van der Waals surface area contributed by atoms with E-state index in [9.17, 15) is 4.79 Å². The van der Waals surface area contributed by atoms with Crippen molar-refractivity contribution >= 4 is 11.6 Å². The second-order valence-corrected chi connectivity index (χ2v) is 5.78. The predicted octanol–water partition coefficient (Wildman–Crippen LogP) is 4.23. The first-order valence-corrected chi connectivity index (χ1v) is 8.32. The molecule has 25 heavy (non-hydrogen) atoms. The summed E-state index contributed by atoms with van der Waals surface area (Å²) < 4.78 is 16.0. The van der Waals surface area contributed by atoms with E-state index in [1.807, 2.05) is 24.3 Å². The summed E-state index contributed by atoms with van der Waals surface area (Å²) in [6.45, 7) is 4.26. The van der Waals surface area contributed by atoms with Gasteiger partial charge in [0.25, 0.3) is 5.91 Å². The maximum Gasteiger partial charge on any atom is 0.262 e. The highest BCUT2D eigenvalue weighted by molar-refractivity contribution is 5.93. The molecule has 2 aromatic carbocycles. The molecule has 0 aliphatic heterocycles. The monoisotopic (exact) mass is 343 g/mol. The number of benzene rings is 2. The Morgan fingerprint density at radius 3 is 2.32 bits per heavy atom. The Balaban J connectivity index is 1.94. The number of carbonyl (C=O) groups is 1. The molecule has 0 radical (unpaired) electrons. The van der Waals surface area contributed by atoms with Crippen molar-refractivity contribution in [2.45, 2.75) is 26.2 Å². The zero-order valence-electron chi connectivity index (χ0n) is 15.2. The number of anilines is 1. The highest BCUT2D eigenvalue weighted by Gasteiger charge is 2.10. The molecule has 0 saturated carbocycles. The number of carbonyl (C=O) groups excluding carboxylic acids is 1. The Bertz CT molecular complexity index is 697. The van der Waals surface area contributed by atoms with Crippen LogP contribution >= 0.6 is 0 Å². The van der Waals surface area contributed by atoms with Crippen LogP contribution in [0.3, 0.4) is 0 Å². The van der Waals surface area contributed by atoms with Crippen LogP contribution in [0.15, 0.2) is 42.5 Å². The van der Waals surface area contributed by atoms with E-state index in [-0.39, 0.29) is 12.5 Å². The number of hydrogen-bond acceptors (Lipinski definition) is 4. The molecular weight excluding hydrogens is 318 g/mol. The number of nitrogens with one attached hydrogen (secondary N) is 1. The molecule has 1 atom stereocenters. The summed E-state index contributed by atoms with van der Waals surface area (Å²) in [5, 5.41) is 2.78. The van der Waals surface area contributed by atoms with Crippen molar-refractivity contribution < 1.29 is 19.0 Å². The Morgan fingerprint density at radius 2 is 1.72 bits per heavy atom. The van der Waals surface area contributed by atoms with Gasteiger partial charge in [-0.3, -0.25) is 4.79 Å². The van der Waals surface area contributed by atoms with Crippen molar-refractivity contribution in [3.8, 4) is 17.2 Å². The second kappa shape index (κ2) is 8.97. The third-order valence-electron chi connectivity index (χ3n) is 4.11. The summed E-state index contributed by atoms with van der Waals surface area (Å²) in [6.07, 6.45) is 1.09. The van der Waals surface area contributed by atoms with E-state index in [0.717, 1.165) is 6.42 Å². The fourth-order valence-corrected chi connectivity index (χ4v) is 2.38. The topological polar surface area (TPSA) is 56.8 Å². The standard InChI is InChI=1S/C20H25NO4/c1-5-14(2)15-6-8-16(9-7-15)25-13-20(22)21-18-12-17(23-3)10-11-19(18)24-4/h6-12,14H,5,13H2,1-4H3,(H,21,22). The van der Waals surface area contributed by atoms with Gasteiger partial charge in [0, 0.05) is 6.07 Å². The van der Waals surface area contributed by atoms with E-state index in [4.69, 9.17) is 14.2 Å². The molecule has 0 bridgehead atoms. The average Bonchev–Trinajstić information content (AvgIpc) is 2.66. The summed E-state index contributed by atoms with van der Waals surface area (Å²) >= 11 is 0. The molecule has 134 valence electrons. The van der Waals surface area contributed by atoms with Gasteiger partial charge in [0.05, 0.1) is 19.9 Å². The Kier molecular flexibility index (Phi) is 6.69. The molecule has 1 amide bonds. The van der Waals surface area contributed by atoms with Crippen molar-refractivity contribution in [2.75, 3.05) is 26.1 Å². The Morgan fingerprint density at radius 1 is 1.04 bits per heavy atom. The van der Waals surface area contributed by atoms with Crippen LogP contribution in [-0.4, -0.2) is 26.7 Å². The normalized spacial score (nSPS) is 11.5. The van der Waals surface area contributed by atoms with Gasteiger partial charge in [-0.05, 0) is 42.2 Å². The largest absolute Gasteiger partial charge is 0.497 e. The fraction of sp³-hybridized carbons (Fsp3) is 0.350. The Hall–Kier alpha value is -2.69. The average molecular weight is 343 g/mol. The molecule has 1 N–H and O–H groups in total. The maximum absolute atomic E-state index is 12.1. The molecule has 0 saturated heterocycles. The lowest BCUT2D eigenvalue weighted by atomic mass is 9.99. The van der Waals surface area contributed by atoms with Gasteiger partial charge in [-0.25, -0.2) is 0 Å². The molecule has 0 heterocycles. The van der Waals surface area contributed by atoms with Gasteiger partial charge in [0.1, 0.15) is 17.2 Å². The molecular formula is C20H25NO4. The quantitative estimate of drug-likeness (QED) is 0.779. The number of rotatable bonds is 8. The van der Waals surface area contributed by atoms with Crippen LogP contribution < -0.4 is 19.5 Å². The summed E-state index contributed by atoms with van der Waals surface area (Å²) in [5.41, 5.74) is 1.81. The van der Waals surface area contributed by atoms with Gasteiger partial charge >= 0.3 is 0 Å². The number of amides is 1. The van der Waals surface area contributed by atoms with Crippen molar-refractivity contribution in [3.05, 3.63) is 48.0 Å². The minimum absolute atomic E-state index is 0.0803. The highest BCUT2D eigenvalue weighted by Crippen LogP contribution is 2.29. The van der Waals surface area contributed by atoms with Gasteiger partial charge in [-0.1, -0.05) is 26.0 Å². The van der Waals surface area contributed by atoms with Crippen LogP contribution in [0.5, 0.6) is 17.2 Å². The molecule has 5 nitrogen and oxygen atoms in total. The van der Waals surface area contributed by atoms with E-state index >= 15 is 0 Å². The van der Waals surface area contributed by atoms with Crippen molar-refractivity contribution in [1.82, 2.24) is 0 Å². The van der Waals surface area contributed by atoms with Gasteiger partial charge in [0.2, 0.25) is 0 Å². The van der Waals surface area contributed by atoms with Crippen LogP contribution in [0, 0.1) is 0 Å². The molecule has 5 heteroatoms. The molecule has 1 unspecified atom stereocenters. The van der Waals surface area contributed by atoms with E-state index in [1.165, 1.54) is 5.56 Å². The Labute approximate surface area is 148 Å². The van der Waals surface area contributed by atoms with E-state index in [1.54, 1.807) is 32.4 Å². The van der Waals surface area contributed by atoms with Gasteiger partial charge < -0.3 is 19.5 Å². The summed E-state index contributed by atoms with van der Waals surface area (Å²) in [5.74, 6) is 2.11. The SMILES string of the molecule is CCC(C)c1ccc(OCC(=O)Nc2cc(OC)ccc2OC)cc1. The first kappa shape index (κ1) is 18.6. The van der Waals surface area contributed by atoms with Crippen molar-refractivity contribution in [1.29, 1.82) is 0 Å². The van der Waals surface area contributed by atoms with Crippen molar-refractivity contribution in [3.63, 3.8) is 0 Å². The first-order valence-electron chi connectivity index (χ1n) is 8.32. The van der Waals surface area contributed by atoms with Crippen LogP contribution in [0.4, 0.5) is 5.69 Å². The number of hydrogen-bond donors (Lipinski definition) is 1. The third kappa shape index (κ3) is 5.14. The highest BCUT2D eigenvalue weighted by atomic mass is 16.5. The molecule has 0 fully saturated rings. The summed E-state index contributed by atoms with van der Waals surface area (Å²) in [6, 6.07) is 13.1. The lowest BCUT2D eigenvalue weighted by Crippen LogP contribution is -2.20. The zero-order chi connectivity index (χ0) is 18.2. The predicted molar refractivity (Wildman–Crippen MR) is 98.8 cm³/mol. The van der Waals surface area contributed by atoms with E-state index in [0.29, 0.717) is 28.9 Å². The fourth-order valence-electron chi connectivity index (χ4n) is 2.38. The van der Waals surface area contributed by atoms with E-state index < -0.39 is 0 Å². The second-order valence-electron chi connectivity index (χ2n) is 5.78. The first-order chi connectivity index (χ1) is 12.1. The number of methoxy groups -OCH3 is 2. The maximum atomic E-state index is 12.1. The molecule has 0 spiro atoms. The molecule has 2 aromatic rings. The van der Waals surface area contributed by atoms with Crippen LogP contribution in [0.25, 0.3) is 0 Å². The smallest absolute Gasteiger partial charge is 0.262 e. The van der Waals surface area contributed by atoms with E-state index in [2.05, 4.69) is 19.2 Å². The van der Waals surface area contributed by atoms with Gasteiger partial charge in [-0.15, -0.1) is 0 Å². The molecule has 0 aromatic heterocycles. The lowest BCUT2D eigenvalue weighted by Gasteiger charge is -2.13. The lowest BCUT2D eigenvalue weighted by molar-refractivity contribution is -0.118. The molecule has 0 aliphatic rings. The third-order valence-corrected chi connectivity index (χ3v) is 4.11. The van der Waals surface area contributed by atoms with Gasteiger partial charge in [0.15, 0.2) is 6.61 Å².